The fraction of sp³-hybridized carbons (Fsp3) is 0.591. The maximum atomic E-state index is 4.96. The molecule has 7 nitrogen and oxygen atoms in total. The molecule has 2 fully saturated rings. The van der Waals surface area contributed by atoms with E-state index in [2.05, 4.69) is 56.5 Å². The highest BCUT2D eigenvalue weighted by Crippen LogP contribution is 2.20. The minimum atomic E-state index is 0. The minimum absolute atomic E-state index is 0. The molecule has 4 rings (SSSR count). The summed E-state index contributed by atoms with van der Waals surface area (Å²) in [5, 5.41) is 12.2. The zero-order chi connectivity index (χ0) is 20.2. The number of anilines is 1. The van der Waals surface area contributed by atoms with E-state index in [1.54, 1.807) is 0 Å². The van der Waals surface area contributed by atoms with Crippen LogP contribution < -0.4 is 10.2 Å². The van der Waals surface area contributed by atoms with Crippen molar-refractivity contribution in [3.63, 3.8) is 0 Å². The number of piperazine rings is 1. The average Bonchev–Trinajstić information content (AvgIpc) is 3.36. The number of guanidine groups is 1. The standard InChI is InChI=1S/C22H33N7.HI/c1-17-7-6-10-20(15-17)28-11-13-29(14-12-28)22(24-19-8-4-5-9-19)23-16-21-26-25-18(2)27(21)3;/h6-7,10,15,19H,4-5,8-9,11-14,16H2,1-3H3,(H,23,24);1H. The summed E-state index contributed by atoms with van der Waals surface area (Å²) in [4.78, 5) is 9.84. The van der Waals surface area contributed by atoms with Gasteiger partial charge in [0, 0.05) is 45.0 Å². The molecule has 0 spiro atoms. The number of benzene rings is 1. The lowest BCUT2D eigenvalue weighted by atomic mass is 10.2. The molecule has 1 aromatic carbocycles. The van der Waals surface area contributed by atoms with E-state index < -0.39 is 0 Å². The van der Waals surface area contributed by atoms with E-state index in [0.717, 1.165) is 43.8 Å². The normalized spacial score (nSPS) is 17.9. The van der Waals surface area contributed by atoms with E-state index >= 15 is 0 Å². The van der Waals surface area contributed by atoms with Crippen LogP contribution in [0.5, 0.6) is 0 Å². The van der Waals surface area contributed by atoms with E-state index in [1.807, 2.05) is 18.5 Å². The van der Waals surface area contributed by atoms with Crippen LogP contribution in [0.3, 0.4) is 0 Å². The molecule has 0 amide bonds. The Morgan fingerprint density at radius 3 is 2.47 bits per heavy atom. The largest absolute Gasteiger partial charge is 0.368 e. The molecule has 30 heavy (non-hydrogen) atoms. The summed E-state index contributed by atoms with van der Waals surface area (Å²) in [5.74, 6) is 2.86. The minimum Gasteiger partial charge on any atom is -0.368 e. The van der Waals surface area contributed by atoms with Crippen LogP contribution in [0.25, 0.3) is 0 Å². The maximum absolute atomic E-state index is 4.96. The first-order valence-corrected chi connectivity index (χ1v) is 10.8. The van der Waals surface area contributed by atoms with E-state index in [0.29, 0.717) is 12.6 Å². The highest BCUT2D eigenvalue weighted by molar-refractivity contribution is 14.0. The average molecular weight is 523 g/mol. The van der Waals surface area contributed by atoms with Gasteiger partial charge in [-0.1, -0.05) is 25.0 Å². The Bertz CT molecular complexity index is 849. The molecule has 164 valence electrons. The molecule has 0 bridgehead atoms. The lowest BCUT2D eigenvalue weighted by Crippen LogP contribution is -2.54. The van der Waals surface area contributed by atoms with Crippen LogP contribution in [0.15, 0.2) is 29.3 Å². The zero-order valence-corrected chi connectivity index (χ0v) is 20.7. The van der Waals surface area contributed by atoms with Gasteiger partial charge in [-0.25, -0.2) is 4.99 Å². The second-order valence-corrected chi connectivity index (χ2v) is 8.30. The van der Waals surface area contributed by atoms with E-state index in [4.69, 9.17) is 4.99 Å². The summed E-state index contributed by atoms with van der Waals surface area (Å²) < 4.78 is 2.02. The van der Waals surface area contributed by atoms with Crippen molar-refractivity contribution in [2.75, 3.05) is 31.1 Å². The number of hydrogen-bond donors (Lipinski definition) is 1. The van der Waals surface area contributed by atoms with Gasteiger partial charge >= 0.3 is 0 Å². The Kier molecular flexibility index (Phi) is 7.96. The number of aryl methyl sites for hydroxylation is 2. The Morgan fingerprint density at radius 2 is 1.83 bits per heavy atom. The molecule has 2 aliphatic rings. The molecular weight excluding hydrogens is 489 g/mol. The molecular formula is C22H34IN7. The number of hydrogen-bond acceptors (Lipinski definition) is 4. The molecule has 0 unspecified atom stereocenters. The monoisotopic (exact) mass is 523 g/mol. The molecule has 1 aromatic heterocycles. The number of nitrogens with one attached hydrogen (secondary N) is 1. The molecule has 2 aromatic rings. The molecule has 1 saturated carbocycles. The highest BCUT2D eigenvalue weighted by Gasteiger charge is 2.23. The van der Waals surface area contributed by atoms with Gasteiger partial charge in [-0.3, -0.25) is 0 Å². The van der Waals surface area contributed by atoms with Crippen molar-refractivity contribution in [3.05, 3.63) is 41.5 Å². The van der Waals surface area contributed by atoms with Crippen LogP contribution >= 0.6 is 24.0 Å². The Morgan fingerprint density at radius 1 is 1.10 bits per heavy atom. The summed E-state index contributed by atoms with van der Waals surface area (Å²) in [5.41, 5.74) is 2.63. The van der Waals surface area contributed by atoms with Gasteiger partial charge in [0.05, 0.1) is 0 Å². The summed E-state index contributed by atoms with van der Waals surface area (Å²) in [7, 11) is 2.00. The number of aromatic nitrogens is 3. The Balaban J connectivity index is 0.00000256. The third-order valence-corrected chi connectivity index (χ3v) is 6.19. The van der Waals surface area contributed by atoms with E-state index in [1.165, 1.54) is 36.9 Å². The predicted octanol–water partition coefficient (Wildman–Crippen LogP) is 3.26. The highest BCUT2D eigenvalue weighted by atomic mass is 127. The van der Waals surface area contributed by atoms with Crippen molar-refractivity contribution in [2.24, 2.45) is 12.0 Å². The van der Waals surface area contributed by atoms with Crippen molar-refractivity contribution in [1.82, 2.24) is 25.0 Å². The molecule has 1 saturated heterocycles. The van der Waals surface area contributed by atoms with Gasteiger partial charge in [0.15, 0.2) is 11.8 Å². The Hall–Kier alpha value is -1.84. The van der Waals surface area contributed by atoms with Crippen molar-refractivity contribution < 1.29 is 0 Å². The van der Waals surface area contributed by atoms with Gasteiger partial charge in [0.1, 0.15) is 12.4 Å². The van der Waals surface area contributed by atoms with Crippen LogP contribution in [0.4, 0.5) is 5.69 Å². The van der Waals surface area contributed by atoms with Gasteiger partial charge < -0.3 is 19.7 Å². The van der Waals surface area contributed by atoms with Crippen LogP contribution in [0.2, 0.25) is 0 Å². The number of halogens is 1. The summed E-state index contributed by atoms with van der Waals surface area (Å²) in [6, 6.07) is 9.34. The lowest BCUT2D eigenvalue weighted by molar-refractivity contribution is 0.365. The fourth-order valence-electron chi connectivity index (χ4n) is 4.23. The molecule has 8 heteroatoms. The van der Waals surface area contributed by atoms with Crippen LogP contribution in [0.1, 0.15) is 42.9 Å². The van der Waals surface area contributed by atoms with Crippen LogP contribution in [-0.4, -0.2) is 57.8 Å². The lowest BCUT2D eigenvalue weighted by Gasteiger charge is -2.38. The van der Waals surface area contributed by atoms with Crippen molar-refractivity contribution in [3.8, 4) is 0 Å². The zero-order valence-electron chi connectivity index (χ0n) is 18.3. The maximum Gasteiger partial charge on any atom is 0.194 e. The SMILES string of the molecule is Cc1cccc(N2CCN(C(=NCc3nnc(C)n3C)NC3CCCC3)CC2)c1.I. The second-order valence-electron chi connectivity index (χ2n) is 8.30. The molecule has 0 radical (unpaired) electrons. The molecule has 1 aliphatic carbocycles. The van der Waals surface area contributed by atoms with Gasteiger partial charge in [0.25, 0.3) is 0 Å². The number of nitrogens with zero attached hydrogens (tertiary/aromatic N) is 6. The van der Waals surface area contributed by atoms with Gasteiger partial charge in [-0.15, -0.1) is 34.2 Å². The predicted molar refractivity (Wildman–Crippen MR) is 133 cm³/mol. The third-order valence-electron chi connectivity index (χ3n) is 6.19. The summed E-state index contributed by atoms with van der Waals surface area (Å²) in [6.45, 7) is 8.67. The van der Waals surface area contributed by atoms with E-state index in [9.17, 15) is 0 Å². The van der Waals surface area contributed by atoms with E-state index in [-0.39, 0.29) is 24.0 Å². The third kappa shape index (κ3) is 5.44. The number of aliphatic imine (C=N–C) groups is 1. The van der Waals surface area contributed by atoms with Crippen LogP contribution in [-0.2, 0) is 13.6 Å². The topological polar surface area (TPSA) is 61.6 Å². The first-order chi connectivity index (χ1) is 14.1. The molecule has 0 atom stereocenters. The van der Waals surface area contributed by atoms with Gasteiger partial charge in [-0.2, -0.15) is 0 Å². The van der Waals surface area contributed by atoms with Crippen molar-refractivity contribution in [1.29, 1.82) is 0 Å². The molecule has 2 heterocycles. The van der Waals surface area contributed by atoms with Crippen LogP contribution in [0, 0.1) is 13.8 Å². The smallest absolute Gasteiger partial charge is 0.194 e. The number of rotatable bonds is 4. The summed E-state index contributed by atoms with van der Waals surface area (Å²) in [6.07, 6.45) is 5.11. The second kappa shape index (κ2) is 10.5. The molecule has 1 N–H and O–H groups in total. The van der Waals surface area contributed by atoms with Crippen molar-refractivity contribution >= 4 is 35.6 Å². The quantitative estimate of drug-likeness (QED) is 0.379. The van der Waals surface area contributed by atoms with Crippen molar-refractivity contribution in [2.45, 2.75) is 52.1 Å². The molecule has 1 aliphatic heterocycles. The van der Waals surface area contributed by atoms with Gasteiger partial charge in [0.2, 0.25) is 0 Å². The first-order valence-electron chi connectivity index (χ1n) is 10.8. The fourth-order valence-corrected chi connectivity index (χ4v) is 4.23. The Labute approximate surface area is 197 Å². The first kappa shape index (κ1) is 22.8. The summed E-state index contributed by atoms with van der Waals surface area (Å²) >= 11 is 0. The van der Waals surface area contributed by atoms with Gasteiger partial charge in [-0.05, 0) is 44.4 Å².